The predicted octanol–water partition coefficient (Wildman–Crippen LogP) is 4.04. The quantitative estimate of drug-likeness (QED) is 0.762. The summed E-state index contributed by atoms with van der Waals surface area (Å²) in [6.07, 6.45) is 3.72. The van der Waals surface area contributed by atoms with Gasteiger partial charge in [-0.3, -0.25) is 14.9 Å². The first-order valence-corrected chi connectivity index (χ1v) is 7.87. The first-order chi connectivity index (χ1) is 11.6. The normalized spacial score (nSPS) is 14.3. The number of nitrogens with zero attached hydrogens (tertiary/aromatic N) is 2. The summed E-state index contributed by atoms with van der Waals surface area (Å²) in [4.78, 5) is 17.2. The number of H-pyrrole nitrogens is 1. The molecule has 0 spiro atoms. The average Bonchev–Trinajstić information content (AvgIpc) is 3.12. The predicted molar refractivity (Wildman–Crippen MR) is 98.3 cm³/mol. The van der Waals surface area contributed by atoms with Gasteiger partial charge in [-0.1, -0.05) is 35.9 Å². The minimum Gasteiger partial charge on any atom is -0.295 e. The summed E-state index contributed by atoms with van der Waals surface area (Å²) in [5, 5.41) is 3.16. The monoisotopic (exact) mass is 315 g/mol. The molecule has 2 heterocycles. The third-order valence-electron chi connectivity index (χ3n) is 4.27. The van der Waals surface area contributed by atoms with Crippen LogP contribution in [0.5, 0.6) is 0 Å². The second kappa shape index (κ2) is 5.49. The number of allylic oxidation sites excluding steroid dienone is 1. The van der Waals surface area contributed by atoms with Crippen LogP contribution in [0.3, 0.4) is 0 Å². The molecule has 1 aromatic heterocycles. The number of hydrogen-bond acceptors (Lipinski definition) is 2. The first-order valence-electron chi connectivity index (χ1n) is 7.87. The molecular weight excluding hydrogens is 298 g/mol. The molecule has 4 heteroatoms. The molecular formula is C20H17N3O. The summed E-state index contributed by atoms with van der Waals surface area (Å²) in [5.74, 6) is 0. The van der Waals surface area contributed by atoms with E-state index in [0.29, 0.717) is 5.56 Å². The lowest BCUT2D eigenvalue weighted by atomic mass is 10.0. The highest BCUT2D eigenvalue weighted by molar-refractivity contribution is 6.21. The van der Waals surface area contributed by atoms with E-state index in [1.807, 2.05) is 74.7 Å². The Labute approximate surface area is 139 Å². The molecule has 0 fully saturated rings. The van der Waals surface area contributed by atoms with Crippen molar-refractivity contribution in [2.24, 2.45) is 4.99 Å². The Morgan fingerprint density at radius 1 is 1.04 bits per heavy atom. The highest BCUT2D eigenvalue weighted by atomic mass is 16.1. The van der Waals surface area contributed by atoms with Gasteiger partial charge in [0.2, 0.25) is 0 Å². The molecule has 1 aliphatic rings. The third-order valence-corrected chi connectivity index (χ3v) is 4.27. The number of hydrogen-bond donors (Lipinski definition) is 1. The van der Waals surface area contributed by atoms with Gasteiger partial charge < -0.3 is 0 Å². The van der Waals surface area contributed by atoms with Gasteiger partial charge in [0.05, 0.1) is 16.9 Å². The van der Waals surface area contributed by atoms with Crippen molar-refractivity contribution >= 4 is 23.6 Å². The van der Waals surface area contributed by atoms with Gasteiger partial charge >= 0.3 is 0 Å². The molecule has 1 N–H and O–H groups in total. The van der Waals surface area contributed by atoms with Gasteiger partial charge in [-0.15, -0.1) is 0 Å². The van der Waals surface area contributed by atoms with Crippen LogP contribution in [0.4, 0.5) is 5.69 Å². The molecule has 4 nitrogen and oxygen atoms in total. The highest BCUT2D eigenvalue weighted by Gasteiger charge is 2.15. The number of rotatable bonds is 2. The molecule has 2 aromatic carbocycles. The molecule has 0 atom stereocenters. The molecule has 118 valence electrons. The lowest BCUT2D eigenvalue weighted by molar-refractivity contribution is 0.835. The van der Waals surface area contributed by atoms with Crippen molar-refractivity contribution < 1.29 is 0 Å². The van der Waals surface area contributed by atoms with E-state index < -0.39 is 0 Å². The van der Waals surface area contributed by atoms with E-state index >= 15 is 0 Å². The van der Waals surface area contributed by atoms with Crippen LogP contribution in [0.25, 0.3) is 17.3 Å². The Balaban J connectivity index is 1.81. The lowest BCUT2D eigenvalue weighted by Gasteiger charge is -2.01. The minimum atomic E-state index is -0.0540. The van der Waals surface area contributed by atoms with Crippen LogP contribution < -0.4 is 5.56 Å². The summed E-state index contributed by atoms with van der Waals surface area (Å²) in [5.41, 5.74) is 6.40. The molecule has 1 aliphatic heterocycles. The van der Waals surface area contributed by atoms with Crippen molar-refractivity contribution in [3.63, 3.8) is 0 Å². The largest absolute Gasteiger partial charge is 0.295 e. The summed E-state index contributed by atoms with van der Waals surface area (Å²) >= 11 is 0. The fourth-order valence-electron chi connectivity index (χ4n) is 2.91. The van der Waals surface area contributed by atoms with E-state index in [4.69, 9.17) is 0 Å². The number of aliphatic imine (C=N–C) groups is 1. The Bertz CT molecular complexity index is 1030. The molecule has 0 radical (unpaired) electrons. The van der Waals surface area contributed by atoms with Crippen molar-refractivity contribution in [3.8, 4) is 5.69 Å². The van der Waals surface area contributed by atoms with Gasteiger partial charge in [-0.25, -0.2) is 4.68 Å². The van der Waals surface area contributed by atoms with Gasteiger partial charge in [0, 0.05) is 23.0 Å². The number of aromatic amines is 1. The Kier molecular flexibility index (Phi) is 3.31. The van der Waals surface area contributed by atoms with Crippen molar-refractivity contribution in [1.82, 2.24) is 9.78 Å². The maximum Gasteiger partial charge on any atom is 0.278 e. The summed E-state index contributed by atoms with van der Waals surface area (Å²) in [6, 6.07) is 15.8. The molecule has 0 saturated heterocycles. The molecule has 0 unspecified atom stereocenters. The molecule has 3 aromatic rings. The SMILES string of the molecule is Cc1ccc(-n2[nH]c(C)c(/C=C3/C=Nc4ccccc43)c2=O)cc1. The fraction of sp³-hybridized carbons (Fsp3) is 0.100. The standard InChI is InChI=1S/C20H17N3O/c1-13-7-9-16(10-8-13)23-20(24)18(14(2)22-23)11-15-12-21-19-6-4-3-5-17(15)19/h3-12,22H,1-2H3/b15-11-. The van der Waals surface area contributed by atoms with Gasteiger partial charge in [0.15, 0.2) is 0 Å². The zero-order valence-corrected chi connectivity index (χ0v) is 13.6. The van der Waals surface area contributed by atoms with E-state index in [1.54, 1.807) is 4.68 Å². The zero-order valence-electron chi connectivity index (χ0n) is 13.6. The molecule has 24 heavy (non-hydrogen) atoms. The first kappa shape index (κ1) is 14.5. The third kappa shape index (κ3) is 2.33. The van der Waals surface area contributed by atoms with Crippen LogP contribution in [0.2, 0.25) is 0 Å². The Morgan fingerprint density at radius 3 is 2.58 bits per heavy atom. The van der Waals surface area contributed by atoms with E-state index in [1.165, 1.54) is 0 Å². The highest BCUT2D eigenvalue weighted by Crippen LogP contribution is 2.32. The summed E-state index contributed by atoms with van der Waals surface area (Å²) in [7, 11) is 0. The van der Waals surface area contributed by atoms with Gasteiger partial charge in [0.25, 0.3) is 5.56 Å². The second-order valence-electron chi connectivity index (χ2n) is 6.00. The maximum absolute atomic E-state index is 12.8. The average molecular weight is 315 g/mol. The molecule has 0 bridgehead atoms. The van der Waals surface area contributed by atoms with E-state index in [2.05, 4.69) is 10.1 Å². The number of para-hydroxylation sites is 1. The number of nitrogens with one attached hydrogen (secondary N) is 1. The number of aromatic nitrogens is 2. The summed E-state index contributed by atoms with van der Waals surface area (Å²) in [6.45, 7) is 3.94. The van der Waals surface area contributed by atoms with Crippen LogP contribution in [0.15, 0.2) is 58.3 Å². The van der Waals surface area contributed by atoms with Crippen LogP contribution >= 0.6 is 0 Å². The molecule has 4 rings (SSSR count). The lowest BCUT2D eigenvalue weighted by Crippen LogP contribution is -2.15. The van der Waals surface area contributed by atoms with Crippen molar-refractivity contribution in [2.45, 2.75) is 13.8 Å². The van der Waals surface area contributed by atoms with Gasteiger partial charge in [0.1, 0.15) is 0 Å². The van der Waals surface area contributed by atoms with E-state index in [9.17, 15) is 4.79 Å². The summed E-state index contributed by atoms with van der Waals surface area (Å²) < 4.78 is 1.58. The smallest absolute Gasteiger partial charge is 0.278 e. The van der Waals surface area contributed by atoms with E-state index in [0.717, 1.165) is 33.8 Å². The maximum atomic E-state index is 12.8. The topological polar surface area (TPSA) is 50.1 Å². The Morgan fingerprint density at radius 2 is 1.79 bits per heavy atom. The fourth-order valence-corrected chi connectivity index (χ4v) is 2.91. The molecule has 0 saturated carbocycles. The van der Waals surface area contributed by atoms with Gasteiger partial charge in [-0.05, 0) is 38.1 Å². The number of fused-ring (bicyclic) bond motifs is 1. The van der Waals surface area contributed by atoms with Crippen molar-refractivity contribution in [3.05, 3.63) is 81.3 Å². The molecule has 0 aliphatic carbocycles. The Hall–Kier alpha value is -3.14. The zero-order chi connectivity index (χ0) is 16.7. The molecule has 0 amide bonds. The van der Waals surface area contributed by atoms with Crippen LogP contribution in [0, 0.1) is 13.8 Å². The van der Waals surface area contributed by atoms with Crippen LogP contribution in [0.1, 0.15) is 22.4 Å². The number of benzene rings is 2. The van der Waals surface area contributed by atoms with E-state index in [-0.39, 0.29) is 5.56 Å². The van der Waals surface area contributed by atoms with Crippen LogP contribution in [-0.4, -0.2) is 16.0 Å². The second-order valence-corrected chi connectivity index (χ2v) is 6.00. The van der Waals surface area contributed by atoms with Crippen molar-refractivity contribution in [1.29, 1.82) is 0 Å². The number of aryl methyl sites for hydroxylation is 2. The van der Waals surface area contributed by atoms with Crippen LogP contribution in [-0.2, 0) is 0 Å². The van der Waals surface area contributed by atoms with Crippen molar-refractivity contribution in [2.75, 3.05) is 0 Å². The minimum absolute atomic E-state index is 0.0540. The van der Waals surface area contributed by atoms with Gasteiger partial charge in [-0.2, -0.15) is 0 Å².